The summed E-state index contributed by atoms with van der Waals surface area (Å²) < 4.78 is 1.70. The number of nitrogens with zero attached hydrogens (tertiary/aromatic N) is 4. The third-order valence-corrected chi connectivity index (χ3v) is 5.25. The maximum atomic E-state index is 12.4. The molecule has 25 heavy (non-hydrogen) atoms. The largest absolute Gasteiger partial charge is 0.335 e. The minimum atomic E-state index is -0.0219. The molecule has 0 N–H and O–H groups in total. The Bertz CT molecular complexity index is 865. The molecule has 6 heteroatoms. The van der Waals surface area contributed by atoms with E-state index in [0.717, 1.165) is 16.1 Å². The van der Waals surface area contributed by atoms with Gasteiger partial charge in [-0.2, -0.15) is 5.10 Å². The molecular weight excluding hydrogens is 332 g/mol. The Morgan fingerprint density at radius 2 is 2.04 bits per heavy atom. The van der Waals surface area contributed by atoms with Gasteiger partial charge in [0.15, 0.2) is 0 Å². The van der Waals surface area contributed by atoms with E-state index in [1.165, 1.54) is 11.9 Å². The summed E-state index contributed by atoms with van der Waals surface area (Å²) in [6.07, 6.45) is 6.69. The van der Waals surface area contributed by atoms with Gasteiger partial charge in [-0.3, -0.25) is 4.79 Å². The number of thiophene rings is 1. The fourth-order valence-corrected chi connectivity index (χ4v) is 3.30. The van der Waals surface area contributed by atoms with Gasteiger partial charge in [-0.25, -0.2) is 9.67 Å². The molecule has 0 radical (unpaired) electrons. The van der Waals surface area contributed by atoms with Crippen molar-refractivity contribution in [2.24, 2.45) is 0 Å². The van der Waals surface area contributed by atoms with Crippen LogP contribution in [0.25, 0.3) is 11.8 Å². The zero-order chi connectivity index (χ0) is 17.8. The van der Waals surface area contributed by atoms with E-state index in [1.807, 2.05) is 56.6 Å². The molecule has 2 aromatic heterocycles. The van der Waals surface area contributed by atoms with Crippen LogP contribution in [0.2, 0.25) is 0 Å². The second-order valence-corrected chi connectivity index (χ2v) is 6.81. The normalized spacial score (nSPS) is 12.4. The van der Waals surface area contributed by atoms with Crippen molar-refractivity contribution in [2.75, 3.05) is 7.05 Å². The van der Waals surface area contributed by atoms with Crippen LogP contribution in [-0.4, -0.2) is 32.6 Å². The Morgan fingerprint density at radius 1 is 1.28 bits per heavy atom. The van der Waals surface area contributed by atoms with Crippen molar-refractivity contribution in [1.82, 2.24) is 19.7 Å². The first-order valence-corrected chi connectivity index (χ1v) is 8.88. The second-order valence-electron chi connectivity index (χ2n) is 5.86. The Morgan fingerprint density at radius 3 is 2.64 bits per heavy atom. The average molecular weight is 352 g/mol. The van der Waals surface area contributed by atoms with Gasteiger partial charge in [0.1, 0.15) is 12.7 Å². The summed E-state index contributed by atoms with van der Waals surface area (Å²) in [5.41, 5.74) is 3.20. The molecular formula is C19H20N4OS. The summed E-state index contributed by atoms with van der Waals surface area (Å²) in [6, 6.07) is 10.0. The number of rotatable bonds is 5. The zero-order valence-corrected chi connectivity index (χ0v) is 15.3. The highest BCUT2D eigenvalue weighted by molar-refractivity contribution is 7.11. The minimum absolute atomic E-state index is 0.0133. The van der Waals surface area contributed by atoms with Crippen LogP contribution >= 0.6 is 11.3 Å². The lowest BCUT2D eigenvalue weighted by Crippen LogP contribution is -2.27. The van der Waals surface area contributed by atoms with E-state index in [1.54, 1.807) is 33.3 Å². The van der Waals surface area contributed by atoms with E-state index in [4.69, 9.17) is 0 Å². The number of hydrogen-bond donors (Lipinski definition) is 0. The number of likely N-dealkylation sites (N-methyl/N-ethyl adjacent to an activating group) is 1. The van der Waals surface area contributed by atoms with Crippen molar-refractivity contribution in [3.05, 3.63) is 70.4 Å². The number of benzene rings is 1. The maximum Gasteiger partial charge on any atom is 0.246 e. The number of hydrogen-bond acceptors (Lipinski definition) is 4. The topological polar surface area (TPSA) is 51.0 Å². The highest BCUT2D eigenvalue weighted by Gasteiger charge is 2.15. The number of carbonyl (C=O) groups is 1. The van der Waals surface area contributed by atoms with Crippen molar-refractivity contribution in [2.45, 2.75) is 19.9 Å². The van der Waals surface area contributed by atoms with Crippen molar-refractivity contribution in [3.63, 3.8) is 0 Å². The molecule has 1 amide bonds. The summed E-state index contributed by atoms with van der Waals surface area (Å²) >= 11 is 1.64. The van der Waals surface area contributed by atoms with Crippen LogP contribution in [0, 0.1) is 6.92 Å². The predicted molar refractivity (Wildman–Crippen MR) is 101 cm³/mol. The van der Waals surface area contributed by atoms with Gasteiger partial charge in [0.05, 0.1) is 11.7 Å². The van der Waals surface area contributed by atoms with Crippen molar-refractivity contribution >= 4 is 23.3 Å². The van der Waals surface area contributed by atoms with Gasteiger partial charge in [0.2, 0.25) is 5.91 Å². The standard InChI is InChI=1S/C19H20N4OS/c1-14-10-11-25-18(14)8-9-19(24)22(3)15(2)16-4-6-17(7-5-16)23-13-20-12-21-23/h4-13,15H,1-3H3/b9-8+. The molecule has 0 saturated carbocycles. The molecule has 0 bridgehead atoms. The van der Waals surface area contributed by atoms with Gasteiger partial charge >= 0.3 is 0 Å². The van der Waals surface area contributed by atoms with Crippen molar-refractivity contribution in [1.29, 1.82) is 0 Å². The van der Waals surface area contributed by atoms with Gasteiger partial charge in [-0.15, -0.1) is 11.3 Å². The smallest absolute Gasteiger partial charge is 0.246 e. The van der Waals surface area contributed by atoms with Crippen LogP contribution in [-0.2, 0) is 4.79 Å². The summed E-state index contributed by atoms with van der Waals surface area (Å²) in [5, 5.41) is 6.14. The van der Waals surface area contributed by atoms with Crippen LogP contribution in [0.3, 0.4) is 0 Å². The molecule has 128 valence electrons. The molecule has 0 aliphatic heterocycles. The SMILES string of the molecule is Cc1ccsc1/C=C/C(=O)N(C)C(C)c1ccc(-n2cncn2)cc1. The summed E-state index contributed by atoms with van der Waals surface area (Å²) in [4.78, 5) is 19.2. The molecule has 3 rings (SSSR count). The highest BCUT2D eigenvalue weighted by Crippen LogP contribution is 2.21. The Hall–Kier alpha value is -2.73. The first kappa shape index (κ1) is 17.1. The van der Waals surface area contributed by atoms with Crippen LogP contribution < -0.4 is 0 Å². The van der Waals surface area contributed by atoms with Gasteiger partial charge < -0.3 is 4.90 Å². The van der Waals surface area contributed by atoms with E-state index >= 15 is 0 Å². The van der Waals surface area contributed by atoms with E-state index < -0.39 is 0 Å². The summed E-state index contributed by atoms with van der Waals surface area (Å²) in [7, 11) is 1.82. The van der Waals surface area contributed by atoms with Gasteiger partial charge in [-0.1, -0.05) is 12.1 Å². The van der Waals surface area contributed by atoms with Crippen LogP contribution in [0.5, 0.6) is 0 Å². The first-order valence-electron chi connectivity index (χ1n) is 8.00. The fraction of sp³-hybridized carbons (Fsp3) is 0.211. The molecule has 0 fully saturated rings. The molecule has 5 nitrogen and oxygen atoms in total. The second kappa shape index (κ2) is 7.44. The molecule has 1 atom stereocenters. The lowest BCUT2D eigenvalue weighted by atomic mass is 10.1. The molecule has 0 saturated heterocycles. The van der Waals surface area contributed by atoms with Crippen LogP contribution in [0.15, 0.2) is 54.4 Å². The molecule has 3 aromatic rings. The predicted octanol–water partition coefficient (Wildman–Crippen LogP) is 3.87. The van der Waals surface area contributed by atoms with Crippen LogP contribution in [0.1, 0.15) is 29.0 Å². The molecule has 1 aromatic carbocycles. The molecule has 0 aliphatic carbocycles. The van der Waals surface area contributed by atoms with E-state index in [9.17, 15) is 4.79 Å². The summed E-state index contributed by atoms with van der Waals surface area (Å²) in [5.74, 6) is -0.0133. The highest BCUT2D eigenvalue weighted by atomic mass is 32.1. The monoisotopic (exact) mass is 352 g/mol. The fourth-order valence-electron chi connectivity index (χ4n) is 2.48. The number of aromatic nitrogens is 3. The first-order chi connectivity index (χ1) is 12.1. The third kappa shape index (κ3) is 3.85. The minimum Gasteiger partial charge on any atom is -0.335 e. The number of carbonyl (C=O) groups excluding carboxylic acids is 1. The van der Waals surface area contributed by atoms with E-state index in [0.29, 0.717) is 0 Å². The Kier molecular flexibility index (Phi) is 5.09. The molecule has 1 unspecified atom stereocenters. The quantitative estimate of drug-likeness (QED) is 0.655. The van der Waals surface area contributed by atoms with E-state index in [-0.39, 0.29) is 11.9 Å². The molecule has 0 aliphatic rings. The van der Waals surface area contributed by atoms with Gasteiger partial charge in [-0.05, 0) is 54.6 Å². The van der Waals surface area contributed by atoms with Gasteiger partial charge in [0, 0.05) is 18.0 Å². The Labute approximate surface area is 151 Å². The van der Waals surface area contributed by atoms with Gasteiger partial charge in [0.25, 0.3) is 0 Å². The zero-order valence-electron chi connectivity index (χ0n) is 14.5. The molecule has 0 spiro atoms. The third-order valence-electron chi connectivity index (χ3n) is 4.27. The Balaban J connectivity index is 1.69. The number of aryl methyl sites for hydroxylation is 1. The maximum absolute atomic E-state index is 12.4. The average Bonchev–Trinajstić information content (AvgIpc) is 3.30. The number of amides is 1. The van der Waals surface area contributed by atoms with Crippen molar-refractivity contribution < 1.29 is 4.79 Å². The van der Waals surface area contributed by atoms with Crippen molar-refractivity contribution in [3.8, 4) is 5.69 Å². The van der Waals surface area contributed by atoms with Crippen LogP contribution in [0.4, 0.5) is 0 Å². The lowest BCUT2D eigenvalue weighted by molar-refractivity contribution is -0.126. The summed E-state index contributed by atoms with van der Waals surface area (Å²) in [6.45, 7) is 4.07. The van der Waals surface area contributed by atoms with E-state index in [2.05, 4.69) is 16.1 Å². The lowest BCUT2D eigenvalue weighted by Gasteiger charge is -2.24. The molecule has 2 heterocycles.